The van der Waals surface area contributed by atoms with Crippen molar-refractivity contribution in [2.45, 2.75) is 6.54 Å². The summed E-state index contributed by atoms with van der Waals surface area (Å²) < 4.78 is 5.37. The first-order valence-corrected chi connectivity index (χ1v) is 8.08. The van der Waals surface area contributed by atoms with Gasteiger partial charge in [0.2, 0.25) is 0 Å². The molecule has 0 atom stereocenters. The van der Waals surface area contributed by atoms with Gasteiger partial charge in [-0.15, -0.1) is 0 Å². The number of nitrogens with zero attached hydrogens (tertiary/aromatic N) is 3. The van der Waals surface area contributed by atoms with Gasteiger partial charge in [-0.05, 0) is 30.4 Å². The largest absolute Gasteiger partial charge is 0.468 e. The molecule has 8 heteroatoms. The molecule has 1 aliphatic rings. The maximum atomic E-state index is 10.8. The van der Waals surface area contributed by atoms with Crippen molar-refractivity contribution >= 4 is 28.7 Å². The van der Waals surface area contributed by atoms with Crippen molar-refractivity contribution < 1.29 is 9.34 Å². The van der Waals surface area contributed by atoms with Crippen LogP contribution in [0.3, 0.4) is 0 Å². The molecule has 24 heavy (non-hydrogen) atoms. The van der Waals surface area contributed by atoms with E-state index in [1.54, 1.807) is 18.4 Å². The van der Waals surface area contributed by atoms with Gasteiger partial charge in [0.25, 0.3) is 5.69 Å². The lowest BCUT2D eigenvalue weighted by Gasteiger charge is -2.35. The third-order valence-corrected chi connectivity index (χ3v) is 4.29. The molecule has 2 heterocycles. The summed E-state index contributed by atoms with van der Waals surface area (Å²) in [6.07, 6.45) is 1.68. The number of piperazine rings is 1. The van der Waals surface area contributed by atoms with Crippen LogP contribution in [-0.2, 0) is 6.54 Å². The highest BCUT2D eigenvalue weighted by atomic mass is 32.1. The molecule has 3 rings (SSSR count). The smallest absolute Gasteiger partial charge is 0.271 e. The molecule has 0 amide bonds. The number of nitrogens with one attached hydrogen (secondary N) is 1. The van der Waals surface area contributed by atoms with Crippen LogP contribution in [0.2, 0.25) is 0 Å². The van der Waals surface area contributed by atoms with E-state index in [-0.39, 0.29) is 5.69 Å². The quantitative estimate of drug-likeness (QED) is 0.518. The minimum Gasteiger partial charge on any atom is -0.468 e. The topological polar surface area (TPSA) is 74.8 Å². The zero-order chi connectivity index (χ0) is 16.9. The third-order valence-electron chi connectivity index (χ3n) is 3.93. The van der Waals surface area contributed by atoms with E-state index in [2.05, 4.69) is 15.1 Å². The van der Waals surface area contributed by atoms with E-state index in [1.807, 2.05) is 12.1 Å². The minimum atomic E-state index is -0.415. The van der Waals surface area contributed by atoms with Gasteiger partial charge in [0.05, 0.1) is 17.7 Å². The first-order chi connectivity index (χ1) is 11.6. The minimum absolute atomic E-state index is 0.0473. The van der Waals surface area contributed by atoms with Crippen LogP contribution in [0.5, 0.6) is 0 Å². The number of rotatable bonds is 4. The molecule has 0 saturated carbocycles. The van der Waals surface area contributed by atoms with Gasteiger partial charge < -0.3 is 14.6 Å². The van der Waals surface area contributed by atoms with Crippen molar-refractivity contribution in [1.82, 2.24) is 9.80 Å². The fourth-order valence-electron chi connectivity index (χ4n) is 2.63. The monoisotopic (exact) mass is 346 g/mol. The van der Waals surface area contributed by atoms with Gasteiger partial charge in [-0.1, -0.05) is 6.07 Å². The van der Waals surface area contributed by atoms with Gasteiger partial charge in [-0.3, -0.25) is 15.0 Å². The Morgan fingerprint density at radius 1 is 1.25 bits per heavy atom. The SMILES string of the molecule is O=[N+]([O-])c1cccc(NC(=S)N2CCN(Cc3ccco3)CC2)c1. The first kappa shape index (κ1) is 16.4. The molecule has 1 N–H and O–H groups in total. The Labute approximate surface area is 145 Å². The molecule has 1 aromatic carbocycles. The summed E-state index contributed by atoms with van der Waals surface area (Å²) in [5.74, 6) is 0.959. The van der Waals surface area contributed by atoms with E-state index in [9.17, 15) is 10.1 Å². The van der Waals surface area contributed by atoms with Gasteiger partial charge >= 0.3 is 0 Å². The fourth-order valence-corrected chi connectivity index (χ4v) is 2.93. The average Bonchev–Trinajstić information content (AvgIpc) is 3.08. The zero-order valence-electron chi connectivity index (χ0n) is 13.1. The maximum Gasteiger partial charge on any atom is 0.271 e. The summed E-state index contributed by atoms with van der Waals surface area (Å²) >= 11 is 5.43. The molecule has 0 radical (unpaired) electrons. The number of hydrogen-bond donors (Lipinski definition) is 1. The summed E-state index contributed by atoms with van der Waals surface area (Å²) in [6.45, 7) is 4.18. The van der Waals surface area contributed by atoms with E-state index in [0.29, 0.717) is 10.8 Å². The second-order valence-electron chi connectivity index (χ2n) is 5.58. The van der Waals surface area contributed by atoms with E-state index < -0.39 is 4.92 Å². The van der Waals surface area contributed by atoms with Gasteiger partial charge in [-0.2, -0.15) is 0 Å². The average molecular weight is 346 g/mol. The highest BCUT2D eigenvalue weighted by molar-refractivity contribution is 7.80. The molecule has 0 aliphatic carbocycles. The number of furan rings is 1. The Balaban J connectivity index is 1.52. The number of nitro benzene ring substituents is 1. The molecule has 126 valence electrons. The number of thiocarbonyl (C=S) groups is 1. The van der Waals surface area contributed by atoms with Crippen LogP contribution in [0.1, 0.15) is 5.76 Å². The summed E-state index contributed by atoms with van der Waals surface area (Å²) in [6, 6.07) is 10.2. The number of anilines is 1. The van der Waals surface area contributed by atoms with Crippen molar-refractivity contribution in [3.63, 3.8) is 0 Å². The number of benzene rings is 1. The zero-order valence-corrected chi connectivity index (χ0v) is 13.9. The van der Waals surface area contributed by atoms with E-state index in [4.69, 9.17) is 16.6 Å². The molecule has 0 spiro atoms. The Morgan fingerprint density at radius 2 is 2.04 bits per heavy atom. The number of hydrogen-bond acceptors (Lipinski definition) is 5. The molecular formula is C16H18N4O3S. The fraction of sp³-hybridized carbons (Fsp3) is 0.312. The van der Waals surface area contributed by atoms with Crippen LogP contribution >= 0.6 is 12.2 Å². The lowest BCUT2D eigenvalue weighted by Crippen LogP contribution is -2.49. The molecule has 0 bridgehead atoms. The Bertz CT molecular complexity index is 712. The van der Waals surface area contributed by atoms with Crippen LogP contribution in [0.25, 0.3) is 0 Å². The van der Waals surface area contributed by atoms with Gasteiger partial charge in [0.1, 0.15) is 5.76 Å². The van der Waals surface area contributed by atoms with E-state index in [1.165, 1.54) is 12.1 Å². The third kappa shape index (κ3) is 4.09. The number of nitro groups is 1. The van der Waals surface area contributed by atoms with E-state index in [0.717, 1.165) is 38.5 Å². The maximum absolute atomic E-state index is 10.8. The highest BCUT2D eigenvalue weighted by Gasteiger charge is 2.20. The summed E-state index contributed by atoms with van der Waals surface area (Å²) in [7, 11) is 0. The van der Waals surface area contributed by atoms with Gasteiger partial charge in [0, 0.05) is 44.0 Å². The van der Waals surface area contributed by atoms with E-state index >= 15 is 0 Å². The lowest BCUT2D eigenvalue weighted by atomic mass is 10.3. The summed E-state index contributed by atoms with van der Waals surface area (Å²) in [4.78, 5) is 14.8. The Kier molecular flexibility index (Phi) is 5.07. The van der Waals surface area contributed by atoms with Crippen molar-refractivity contribution in [1.29, 1.82) is 0 Å². The molecular weight excluding hydrogens is 328 g/mol. The van der Waals surface area contributed by atoms with Crippen molar-refractivity contribution in [3.8, 4) is 0 Å². The Hall–Kier alpha value is -2.45. The van der Waals surface area contributed by atoms with Crippen molar-refractivity contribution in [3.05, 3.63) is 58.5 Å². The second kappa shape index (κ2) is 7.41. The molecule has 1 aromatic heterocycles. The predicted molar refractivity (Wildman–Crippen MR) is 94.9 cm³/mol. The van der Waals surface area contributed by atoms with Crippen molar-refractivity contribution in [2.24, 2.45) is 0 Å². The van der Waals surface area contributed by atoms with Gasteiger partial charge in [0.15, 0.2) is 5.11 Å². The number of non-ortho nitro benzene ring substituents is 1. The molecule has 7 nitrogen and oxygen atoms in total. The lowest BCUT2D eigenvalue weighted by molar-refractivity contribution is -0.384. The van der Waals surface area contributed by atoms with Crippen LogP contribution in [0.15, 0.2) is 47.1 Å². The molecule has 1 saturated heterocycles. The first-order valence-electron chi connectivity index (χ1n) is 7.67. The van der Waals surface area contributed by atoms with Crippen LogP contribution in [-0.4, -0.2) is 46.0 Å². The summed E-state index contributed by atoms with van der Waals surface area (Å²) in [5, 5.41) is 14.5. The summed E-state index contributed by atoms with van der Waals surface area (Å²) in [5.41, 5.74) is 0.679. The van der Waals surface area contributed by atoms with Crippen LogP contribution in [0.4, 0.5) is 11.4 Å². The Morgan fingerprint density at radius 3 is 2.71 bits per heavy atom. The molecule has 1 aliphatic heterocycles. The van der Waals surface area contributed by atoms with Crippen molar-refractivity contribution in [2.75, 3.05) is 31.5 Å². The molecule has 2 aromatic rings. The standard InChI is InChI=1S/C16H18N4O3S/c21-20(22)14-4-1-3-13(11-14)17-16(24)19-8-6-18(7-9-19)12-15-5-2-10-23-15/h1-5,10-11H,6-9,12H2,(H,17,24). The van der Waals surface area contributed by atoms with Gasteiger partial charge in [-0.25, -0.2) is 0 Å². The normalized spacial score (nSPS) is 15.2. The van der Waals surface area contributed by atoms with Crippen LogP contribution < -0.4 is 5.32 Å². The predicted octanol–water partition coefficient (Wildman–Crippen LogP) is 2.70. The molecule has 1 fully saturated rings. The molecule has 0 unspecified atom stereocenters. The van der Waals surface area contributed by atoms with Crippen LogP contribution in [0, 0.1) is 10.1 Å². The highest BCUT2D eigenvalue weighted by Crippen LogP contribution is 2.18. The second-order valence-corrected chi connectivity index (χ2v) is 5.97.